The number of hydrogen-bond donors (Lipinski definition) is 3. The van der Waals surface area contributed by atoms with Crippen LogP contribution in [0.4, 0.5) is 23.1 Å². The highest BCUT2D eigenvalue weighted by molar-refractivity contribution is 6.30. The second kappa shape index (κ2) is 9.00. The summed E-state index contributed by atoms with van der Waals surface area (Å²) < 4.78 is 0. The van der Waals surface area contributed by atoms with Gasteiger partial charge in [0, 0.05) is 36.1 Å². The lowest BCUT2D eigenvalue weighted by molar-refractivity contribution is -0.114. The predicted octanol–water partition coefficient (Wildman–Crippen LogP) is 4.49. The largest absolute Gasteiger partial charge is 0.370 e. The summed E-state index contributed by atoms with van der Waals surface area (Å²) in [5.74, 6) is 1.14. The van der Waals surface area contributed by atoms with Gasteiger partial charge in [-0.1, -0.05) is 23.7 Å². The standard InChI is InChI=1S/C20H20ClN5O/c1-14(27)24-17-6-8-18(9-7-17)25-20-23-13-11-19(26-20)22-12-10-15-2-4-16(21)5-3-15/h2-9,11,13H,10,12H2,1H3,(H,24,27)(H2,22,23,25,26). The molecule has 0 atom stereocenters. The molecular formula is C20H20ClN5O. The van der Waals surface area contributed by atoms with Gasteiger partial charge in [0.1, 0.15) is 5.82 Å². The van der Waals surface area contributed by atoms with E-state index in [1.165, 1.54) is 12.5 Å². The van der Waals surface area contributed by atoms with E-state index in [9.17, 15) is 4.79 Å². The number of amides is 1. The molecule has 0 radical (unpaired) electrons. The lowest BCUT2D eigenvalue weighted by Crippen LogP contribution is -2.08. The molecule has 0 spiro atoms. The smallest absolute Gasteiger partial charge is 0.229 e. The van der Waals surface area contributed by atoms with Crippen molar-refractivity contribution < 1.29 is 4.79 Å². The number of nitrogens with one attached hydrogen (secondary N) is 3. The van der Waals surface area contributed by atoms with E-state index in [4.69, 9.17) is 11.6 Å². The summed E-state index contributed by atoms with van der Waals surface area (Å²) in [6.45, 7) is 2.23. The molecule has 1 amide bonds. The lowest BCUT2D eigenvalue weighted by Gasteiger charge is -2.09. The summed E-state index contributed by atoms with van der Waals surface area (Å²) >= 11 is 5.90. The molecule has 6 nitrogen and oxygen atoms in total. The van der Waals surface area contributed by atoms with Gasteiger partial charge < -0.3 is 16.0 Å². The number of anilines is 4. The average molecular weight is 382 g/mol. The maximum absolute atomic E-state index is 11.1. The van der Waals surface area contributed by atoms with Crippen LogP contribution in [0.15, 0.2) is 60.8 Å². The molecule has 0 aliphatic heterocycles. The highest BCUT2D eigenvalue weighted by atomic mass is 35.5. The summed E-state index contributed by atoms with van der Waals surface area (Å²) in [5.41, 5.74) is 2.78. The Kier molecular flexibility index (Phi) is 6.22. The Labute approximate surface area is 163 Å². The predicted molar refractivity (Wildman–Crippen MR) is 110 cm³/mol. The second-order valence-electron chi connectivity index (χ2n) is 5.95. The molecule has 27 heavy (non-hydrogen) atoms. The first-order chi connectivity index (χ1) is 13.1. The number of aromatic nitrogens is 2. The zero-order chi connectivity index (χ0) is 19.1. The Hall–Kier alpha value is -3.12. The Morgan fingerprint density at radius 2 is 1.70 bits per heavy atom. The molecule has 2 aromatic carbocycles. The number of rotatable bonds is 7. The van der Waals surface area contributed by atoms with Gasteiger partial charge in [-0.25, -0.2) is 4.98 Å². The van der Waals surface area contributed by atoms with E-state index in [0.717, 1.165) is 35.2 Å². The van der Waals surface area contributed by atoms with Crippen LogP contribution in [0.5, 0.6) is 0 Å². The Morgan fingerprint density at radius 1 is 1.00 bits per heavy atom. The van der Waals surface area contributed by atoms with Crippen LogP contribution in [0.2, 0.25) is 5.02 Å². The third-order valence-corrected chi connectivity index (χ3v) is 4.00. The molecule has 1 heterocycles. The van der Waals surface area contributed by atoms with Crippen molar-refractivity contribution >= 4 is 40.6 Å². The van der Waals surface area contributed by atoms with Crippen molar-refractivity contribution in [2.24, 2.45) is 0 Å². The maximum atomic E-state index is 11.1. The van der Waals surface area contributed by atoms with Gasteiger partial charge in [0.25, 0.3) is 0 Å². The Bertz CT molecular complexity index is 897. The van der Waals surface area contributed by atoms with Crippen LogP contribution in [-0.2, 0) is 11.2 Å². The van der Waals surface area contributed by atoms with Crippen molar-refractivity contribution in [3.8, 4) is 0 Å². The van der Waals surface area contributed by atoms with Crippen molar-refractivity contribution in [3.05, 3.63) is 71.4 Å². The van der Waals surface area contributed by atoms with Crippen LogP contribution >= 0.6 is 11.6 Å². The highest BCUT2D eigenvalue weighted by Gasteiger charge is 2.02. The fraction of sp³-hybridized carbons (Fsp3) is 0.150. The zero-order valence-corrected chi connectivity index (χ0v) is 15.6. The molecule has 138 valence electrons. The van der Waals surface area contributed by atoms with E-state index in [0.29, 0.717) is 5.95 Å². The van der Waals surface area contributed by atoms with E-state index in [1.54, 1.807) is 6.20 Å². The molecular weight excluding hydrogens is 362 g/mol. The molecule has 3 N–H and O–H groups in total. The molecule has 0 aliphatic carbocycles. The molecule has 3 rings (SSSR count). The van der Waals surface area contributed by atoms with Crippen molar-refractivity contribution in [3.63, 3.8) is 0 Å². The van der Waals surface area contributed by atoms with Crippen LogP contribution in [0.25, 0.3) is 0 Å². The molecule has 0 saturated heterocycles. The van der Waals surface area contributed by atoms with Crippen LogP contribution < -0.4 is 16.0 Å². The average Bonchev–Trinajstić information content (AvgIpc) is 2.65. The fourth-order valence-electron chi connectivity index (χ4n) is 2.47. The van der Waals surface area contributed by atoms with E-state index in [2.05, 4.69) is 25.9 Å². The molecule has 0 unspecified atom stereocenters. The minimum Gasteiger partial charge on any atom is -0.370 e. The van der Waals surface area contributed by atoms with Crippen LogP contribution in [0.3, 0.4) is 0 Å². The SMILES string of the molecule is CC(=O)Nc1ccc(Nc2nccc(NCCc3ccc(Cl)cc3)n2)cc1. The van der Waals surface area contributed by atoms with Gasteiger partial charge in [-0.3, -0.25) is 4.79 Å². The molecule has 0 aliphatic rings. The number of hydrogen-bond acceptors (Lipinski definition) is 5. The second-order valence-corrected chi connectivity index (χ2v) is 6.39. The van der Waals surface area contributed by atoms with E-state index < -0.39 is 0 Å². The number of carbonyl (C=O) groups is 1. The van der Waals surface area contributed by atoms with Gasteiger partial charge in [-0.2, -0.15) is 4.98 Å². The summed E-state index contributed by atoms with van der Waals surface area (Å²) in [6.07, 6.45) is 2.57. The van der Waals surface area contributed by atoms with Crippen LogP contribution in [-0.4, -0.2) is 22.4 Å². The van der Waals surface area contributed by atoms with E-state index in [1.807, 2.05) is 54.6 Å². The van der Waals surface area contributed by atoms with Gasteiger partial charge in [0.2, 0.25) is 11.9 Å². The number of halogens is 1. The first-order valence-corrected chi connectivity index (χ1v) is 8.92. The maximum Gasteiger partial charge on any atom is 0.229 e. The minimum atomic E-state index is -0.101. The lowest BCUT2D eigenvalue weighted by atomic mass is 10.1. The summed E-state index contributed by atoms with van der Waals surface area (Å²) in [7, 11) is 0. The number of benzene rings is 2. The Balaban J connectivity index is 1.55. The molecule has 1 aromatic heterocycles. The molecule has 7 heteroatoms. The first-order valence-electron chi connectivity index (χ1n) is 8.54. The van der Waals surface area contributed by atoms with E-state index in [-0.39, 0.29) is 5.91 Å². The van der Waals surface area contributed by atoms with Gasteiger partial charge in [0.05, 0.1) is 0 Å². The summed E-state index contributed by atoms with van der Waals surface area (Å²) in [4.78, 5) is 19.8. The Morgan fingerprint density at radius 3 is 2.41 bits per heavy atom. The normalized spacial score (nSPS) is 10.3. The highest BCUT2D eigenvalue weighted by Crippen LogP contribution is 2.17. The minimum absolute atomic E-state index is 0.101. The van der Waals surface area contributed by atoms with Crippen molar-refractivity contribution in [1.29, 1.82) is 0 Å². The van der Waals surface area contributed by atoms with Gasteiger partial charge in [-0.15, -0.1) is 0 Å². The van der Waals surface area contributed by atoms with E-state index >= 15 is 0 Å². The van der Waals surface area contributed by atoms with Gasteiger partial charge in [0.15, 0.2) is 0 Å². The quantitative estimate of drug-likeness (QED) is 0.562. The third kappa shape index (κ3) is 5.97. The molecule has 0 bridgehead atoms. The molecule has 0 fully saturated rings. The van der Waals surface area contributed by atoms with Gasteiger partial charge >= 0.3 is 0 Å². The molecule has 0 saturated carbocycles. The fourth-order valence-corrected chi connectivity index (χ4v) is 2.60. The monoisotopic (exact) mass is 381 g/mol. The number of carbonyl (C=O) groups excluding carboxylic acids is 1. The summed E-state index contributed by atoms with van der Waals surface area (Å²) in [5, 5.41) is 9.91. The van der Waals surface area contributed by atoms with Crippen molar-refractivity contribution in [2.45, 2.75) is 13.3 Å². The zero-order valence-electron chi connectivity index (χ0n) is 14.9. The number of nitrogens with zero attached hydrogens (tertiary/aromatic N) is 2. The molecule has 3 aromatic rings. The third-order valence-electron chi connectivity index (χ3n) is 3.75. The first kappa shape index (κ1) is 18.7. The van der Waals surface area contributed by atoms with Crippen molar-refractivity contribution in [1.82, 2.24) is 9.97 Å². The van der Waals surface area contributed by atoms with Gasteiger partial charge in [-0.05, 0) is 54.4 Å². The van der Waals surface area contributed by atoms with Crippen LogP contribution in [0.1, 0.15) is 12.5 Å². The van der Waals surface area contributed by atoms with Crippen molar-refractivity contribution in [2.75, 3.05) is 22.5 Å². The topological polar surface area (TPSA) is 78.9 Å². The summed E-state index contributed by atoms with van der Waals surface area (Å²) in [6, 6.07) is 17.0. The van der Waals surface area contributed by atoms with Crippen LogP contribution in [0, 0.1) is 0 Å².